The highest BCUT2D eigenvalue weighted by atomic mass is 35.5. The van der Waals surface area contributed by atoms with Gasteiger partial charge in [-0.25, -0.2) is 0 Å². The number of carbonyl (C=O) groups is 1. The van der Waals surface area contributed by atoms with E-state index in [9.17, 15) is 14.9 Å². The van der Waals surface area contributed by atoms with Gasteiger partial charge in [-0.05, 0) is 55.4 Å². The molecule has 0 N–H and O–H groups in total. The quantitative estimate of drug-likeness (QED) is 0.303. The number of nitrogens with zero attached hydrogens (tertiary/aromatic N) is 4. The predicted molar refractivity (Wildman–Crippen MR) is 156 cm³/mol. The van der Waals surface area contributed by atoms with Gasteiger partial charge in [0.2, 0.25) is 0 Å². The fraction of sp³-hybridized carbons (Fsp3) is 0.429. The van der Waals surface area contributed by atoms with Crippen molar-refractivity contribution in [2.24, 2.45) is 5.92 Å². The molecule has 0 spiro atoms. The third kappa shape index (κ3) is 5.64. The number of amides is 1. The van der Waals surface area contributed by atoms with Crippen LogP contribution in [0.5, 0.6) is 0 Å². The van der Waals surface area contributed by atoms with Crippen molar-refractivity contribution in [1.82, 2.24) is 9.47 Å². The number of hydrogen-bond acceptors (Lipinski definition) is 6. The molecule has 9 heteroatoms. The first-order valence-electron chi connectivity index (χ1n) is 12.7. The Labute approximate surface area is 232 Å². The lowest BCUT2D eigenvalue weighted by atomic mass is 9.98. The van der Waals surface area contributed by atoms with Crippen LogP contribution >= 0.6 is 35.6 Å². The third-order valence-corrected chi connectivity index (χ3v) is 8.72. The van der Waals surface area contributed by atoms with Crippen molar-refractivity contribution < 1.29 is 4.79 Å². The molecule has 0 bridgehead atoms. The number of halogens is 1. The summed E-state index contributed by atoms with van der Waals surface area (Å²) in [4.78, 5) is 31.3. The van der Waals surface area contributed by atoms with Crippen LogP contribution in [-0.4, -0.2) is 32.8 Å². The van der Waals surface area contributed by atoms with Crippen LogP contribution in [0.1, 0.15) is 61.8 Å². The molecule has 1 unspecified atom stereocenters. The molecule has 1 amide bonds. The lowest BCUT2D eigenvalue weighted by Gasteiger charge is -2.36. The maximum atomic E-state index is 13.5. The van der Waals surface area contributed by atoms with Gasteiger partial charge in [0.1, 0.15) is 21.8 Å². The Bertz CT molecular complexity index is 1360. The molecule has 4 rings (SSSR count). The minimum absolute atomic E-state index is 0.128. The van der Waals surface area contributed by atoms with E-state index in [1.54, 1.807) is 22.5 Å². The van der Waals surface area contributed by atoms with Crippen LogP contribution in [0, 0.1) is 24.2 Å². The molecule has 37 heavy (non-hydrogen) atoms. The van der Waals surface area contributed by atoms with E-state index in [1.807, 2.05) is 24.3 Å². The maximum absolute atomic E-state index is 13.5. The van der Waals surface area contributed by atoms with E-state index in [1.165, 1.54) is 11.8 Å². The fourth-order valence-electron chi connectivity index (χ4n) is 4.95. The highest BCUT2D eigenvalue weighted by molar-refractivity contribution is 8.26. The van der Waals surface area contributed by atoms with Gasteiger partial charge in [0.15, 0.2) is 0 Å². The summed E-state index contributed by atoms with van der Waals surface area (Å²) >= 11 is 13.2. The number of nitriles is 1. The zero-order valence-electron chi connectivity index (χ0n) is 21.4. The van der Waals surface area contributed by atoms with E-state index in [-0.39, 0.29) is 23.6 Å². The summed E-state index contributed by atoms with van der Waals surface area (Å²) in [6, 6.07) is 9.54. The molecule has 0 radical (unpaired) electrons. The van der Waals surface area contributed by atoms with Gasteiger partial charge in [-0.3, -0.25) is 19.1 Å². The van der Waals surface area contributed by atoms with Crippen molar-refractivity contribution in [2.75, 3.05) is 18.0 Å². The van der Waals surface area contributed by atoms with Gasteiger partial charge in [0.25, 0.3) is 11.5 Å². The molecule has 6 nitrogen and oxygen atoms in total. The fourth-order valence-corrected chi connectivity index (χ4v) is 6.39. The molecule has 194 valence electrons. The minimum Gasteiger partial charge on any atom is -0.357 e. The van der Waals surface area contributed by atoms with E-state index in [0.29, 0.717) is 32.3 Å². The summed E-state index contributed by atoms with van der Waals surface area (Å²) in [5, 5.41) is 10.5. The molecule has 1 aromatic heterocycles. The van der Waals surface area contributed by atoms with E-state index in [0.717, 1.165) is 55.7 Å². The Kier molecular flexibility index (Phi) is 8.79. The van der Waals surface area contributed by atoms with E-state index < -0.39 is 0 Å². The van der Waals surface area contributed by atoms with Crippen molar-refractivity contribution in [3.63, 3.8) is 0 Å². The van der Waals surface area contributed by atoms with Gasteiger partial charge in [-0.15, -0.1) is 0 Å². The highest BCUT2D eigenvalue weighted by Crippen LogP contribution is 2.38. The Hall–Kier alpha value is -2.60. The van der Waals surface area contributed by atoms with Gasteiger partial charge in [0, 0.05) is 30.2 Å². The standard InChI is InChI=1S/C28H31ClN4O2S2/c1-4-5-13-32-25(31-12-8-9-18(2)16-31)21(19(3)22(15-30)26(32)34)14-24-27(35)33(28(36)37-24)17-20-10-6-7-11-23(20)29/h6-7,10-11,14,18H,4-5,8-9,12-13,16-17H2,1-3H3/b24-14-. The number of aromatic nitrogens is 1. The van der Waals surface area contributed by atoms with Crippen molar-refractivity contribution in [2.45, 2.75) is 59.5 Å². The first-order valence-corrected chi connectivity index (χ1v) is 14.3. The Balaban J connectivity index is 1.83. The van der Waals surface area contributed by atoms with Gasteiger partial charge >= 0.3 is 0 Å². The number of unbranched alkanes of at least 4 members (excludes halogenated alkanes) is 1. The largest absolute Gasteiger partial charge is 0.357 e. The zero-order valence-corrected chi connectivity index (χ0v) is 23.8. The number of carbonyl (C=O) groups excluding carboxylic acids is 1. The molecule has 2 aromatic rings. The van der Waals surface area contributed by atoms with Crippen LogP contribution < -0.4 is 10.5 Å². The maximum Gasteiger partial charge on any atom is 0.270 e. The molecule has 0 saturated carbocycles. The molecule has 2 aliphatic rings. The van der Waals surface area contributed by atoms with Crippen molar-refractivity contribution in [1.29, 1.82) is 5.26 Å². The van der Waals surface area contributed by atoms with Gasteiger partial charge in [0.05, 0.1) is 11.4 Å². The van der Waals surface area contributed by atoms with Gasteiger partial charge in [-0.1, -0.05) is 74.0 Å². The SMILES string of the molecule is CCCCn1c(N2CCCC(C)C2)c(/C=C2\SC(=S)N(Cc3ccccc3Cl)C2=O)c(C)c(C#N)c1=O. The lowest BCUT2D eigenvalue weighted by Crippen LogP contribution is -2.40. The van der Waals surface area contributed by atoms with Crippen LogP contribution in [0.25, 0.3) is 6.08 Å². The number of benzene rings is 1. The first kappa shape index (κ1) is 27.4. The molecule has 2 aliphatic heterocycles. The van der Waals surface area contributed by atoms with Crippen LogP contribution in [0.4, 0.5) is 5.82 Å². The number of anilines is 1. The summed E-state index contributed by atoms with van der Waals surface area (Å²) < 4.78 is 2.21. The van der Waals surface area contributed by atoms with Crippen LogP contribution in [0.15, 0.2) is 34.0 Å². The van der Waals surface area contributed by atoms with Crippen molar-refractivity contribution in [3.05, 3.63) is 66.8 Å². The average Bonchev–Trinajstić information content (AvgIpc) is 3.13. The second-order valence-corrected chi connectivity index (χ2v) is 11.8. The Morgan fingerprint density at radius 1 is 1.30 bits per heavy atom. The zero-order chi connectivity index (χ0) is 26.7. The average molecular weight is 555 g/mol. The van der Waals surface area contributed by atoms with Crippen LogP contribution in [0.2, 0.25) is 5.02 Å². The third-order valence-electron chi connectivity index (χ3n) is 6.97. The molecule has 1 aromatic carbocycles. The topological polar surface area (TPSA) is 69.3 Å². The molecule has 0 aliphatic carbocycles. The second kappa shape index (κ2) is 11.8. The highest BCUT2D eigenvalue weighted by Gasteiger charge is 2.34. The van der Waals surface area contributed by atoms with Crippen LogP contribution in [0.3, 0.4) is 0 Å². The smallest absolute Gasteiger partial charge is 0.270 e. The molecule has 2 fully saturated rings. The minimum atomic E-state index is -0.259. The Morgan fingerprint density at radius 2 is 2.05 bits per heavy atom. The first-order chi connectivity index (χ1) is 17.8. The number of piperidine rings is 1. The molecular formula is C28H31ClN4O2S2. The Morgan fingerprint density at radius 3 is 2.73 bits per heavy atom. The summed E-state index contributed by atoms with van der Waals surface area (Å²) in [7, 11) is 0. The van der Waals surface area contributed by atoms with Crippen molar-refractivity contribution >= 4 is 57.7 Å². The lowest BCUT2D eigenvalue weighted by molar-refractivity contribution is -0.122. The number of hydrogen-bond donors (Lipinski definition) is 0. The molecule has 1 atom stereocenters. The normalized spacial score (nSPS) is 19.1. The summed E-state index contributed by atoms with van der Waals surface area (Å²) in [5.74, 6) is 1.09. The summed E-state index contributed by atoms with van der Waals surface area (Å²) in [6.45, 7) is 8.57. The number of thioether (sulfide) groups is 1. The van der Waals surface area contributed by atoms with E-state index in [4.69, 9.17) is 23.8 Å². The van der Waals surface area contributed by atoms with Crippen LogP contribution in [-0.2, 0) is 17.9 Å². The van der Waals surface area contributed by atoms with Gasteiger partial charge < -0.3 is 4.90 Å². The predicted octanol–water partition coefficient (Wildman–Crippen LogP) is 6.12. The van der Waals surface area contributed by atoms with E-state index in [2.05, 4.69) is 24.8 Å². The second-order valence-electron chi connectivity index (χ2n) is 9.71. The summed E-state index contributed by atoms with van der Waals surface area (Å²) in [5.41, 5.74) is 2.04. The number of rotatable bonds is 7. The van der Waals surface area contributed by atoms with Gasteiger partial charge in [-0.2, -0.15) is 5.26 Å². The molecule has 2 saturated heterocycles. The number of pyridine rings is 1. The van der Waals surface area contributed by atoms with E-state index >= 15 is 0 Å². The number of thiocarbonyl (C=S) groups is 1. The van der Waals surface area contributed by atoms with Crippen molar-refractivity contribution in [3.8, 4) is 6.07 Å². The monoisotopic (exact) mass is 554 g/mol. The molecular weight excluding hydrogens is 524 g/mol. The summed E-state index contributed by atoms with van der Waals surface area (Å²) in [6.07, 6.45) is 5.75. The molecule has 3 heterocycles.